The third kappa shape index (κ3) is 2.30. The average molecular weight is 268 g/mol. The van der Waals surface area contributed by atoms with Gasteiger partial charge in [-0.15, -0.1) is 0 Å². The van der Waals surface area contributed by atoms with Crippen molar-refractivity contribution in [1.29, 1.82) is 0 Å². The van der Waals surface area contributed by atoms with E-state index in [1.165, 1.54) is 0 Å². The van der Waals surface area contributed by atoms with Crippen LogP contribution in [0.2, 0.25) is 0 Å². The van der Waals surface area contributed by atoms with Gasteiger partial charge in [0.15, 0.2) is 0 Å². The Morgan fingerprint density at radius 2 is 2.09 bits per heavy atom. The van der Waals surface area contributed by atoms with Crippen molar-refractivity contribution in [1.82, 2.24) is 8.01 Å². The first-order valence-corrected chi connectivity index (χ1v) is 4.78. The maximum atomic E-state index is 11.3. The number of amides is 1. The Morgan fingerprint density at radius 1 is 1.45 bits per heavy atom. The molecule has 0 spiro atoms. The highest BCUT2D eigenvalue weighted by Crippen LogP contribution is 2.10. The lowest BCUT2D eigenvalue weighted by molar-refractivity contribution is -0.135. The second-order valence-electron chi connectivity index (χ2n) is 3.03. The smallest absolute Gasteiger partial charge is 0.237 e. The second-order valence-corrected chi connectivity index (χ2v) is 4.39. The van der Waals surface area contributed by atoms with Crippen LogP contribution in [0.15, 0.2) is 0 Å². The number of hydrogen-bond acceptors (Lipinski definition) is 2. The molecule has 3 nitrogen and oxygen atoms in total. The van der Waals surface area contributed by atoms with Gasteiger partial charge in [0.2, 0.25) is 5.91 Å². The predicted octanol–water partition coefficient (Wildman–Crippen LogP) is 0.889. The largest absolute Gasteiger partial charge is 0.338 e. The quantitative estimate of drug-likeness (QED) is 0.521. The molecule has 4 heteroatoms. The van der Waals surface area contributed by atoms with Crippen LogP contribution in [0.1, 0.15) is 13.8 Å². The van der Waals surface area contributed by atoms with Crippen molar-refractivity contribution in [2.45, 2.75) is 19.9 Å². The number of hydrogen-bond donors (Lipinski definition) is 0. The van der Waals surface area contributed by atoms with Gasteiger partial charge in [-0.3, -0.25) is 4.79 Å². The maximum absolute atomic E-state index is 11.3. The summed E-state index contributed by atoms with van der Waals surface area (Å²) in [7, 11) is 0. The molecule has 1 aliphatic heterocycles. The molecule has 0 N–H and O–H groups in total. The van der Waals surface area contributed by atoms with Crippen molar-refractivity contribution in [2.75, 3.05) is 19.6 Å². The lowest BCUT2D eigenvalue weighted by Gasteiger charge is -2.33. The minimum absolute atomic E-state index is 0.251. The van der Waals surface area contributed by atoms with E-state index in [0.29, 0.717) is 12.6 Å². The molecule has 1 rings (SSSR count). The second kappa shape index (κ2) is 3.71. The third-order valence-electron chi connectivity index (χ3n) is 1.83. The number of nitrogens with zero attached hydrogens (tertiary/aromatic N) is 2. The molecule has 1 heterocycles. The van der Waals surface area contributed by atoms with Crippen LogP contribution in [0.25, 0.3) is 0 Å². The highest BCUT2D eigenvalue weighted by molar-refractivity contribution is 14.1. The Kier molecular flexibility index (Phi) is 3.12. The van der Waals surface area contributed by atoms with E-state index in [4.69, 9.17) is 0 Å². The van der Waals surface area contributed by atoms with Crippen LogP contribution in [0, 0.1) is 0 Å². The van der Waals surface area contributed by atoms with Gasteiger partial charge in [0, 0.05) is 42.0 Å². The van der Waals surface area contributed by atoms with E-state index in [-0.39, 0.29) is 5.91 Å². The third-order valence-corrected chi connectivity index (χ3v) is 2.66. The predicted molar refractivity (Wildman–Crippen MR) is 52.4 cm³/mol. The van der Waals surface area contributed by atoms with Crippen molar-refractivity contribution in [3.63, 3.8) is 0 Å². The standard InChI is InChI=1S/C7H13IN2O/c1-6(2)10-4-3-9(8)5-7(10)11/h6H,3-5H2,1-2H3. The Bertz CT molecular complexity index is 161. The Labute approximate surface area is 81.2 Å². The van der Waals surface area contributed by atoms with Crippen LogP contribution >= 0.6 is 22.9 Å². The van der Waals surface area contributed by atoms with E-state index in [1.54, 1.807) is 0 Å². The van der Waals surface area contributed by atoms with Gasteiger partial charge in [-0.2, -0.15) is 0 Å². The van der Waals surface area contributed by atoms with Crippen LogP contribution in [0.3, 0.4) is 0 Å². The molecule has 0 saturated carbocycles. The Balaban J connectivity index is 2.51. The Morgan fingerprint density at radius 3 is 2.55 bits per heavy atom. The van der Waals surface area contributed by atoms with E-state index < -0.39 is 0 Å². The molecule has 1 fully saturated rings. The first kappa shape index (κ1) is 9.25. The normalized spacial score (nSPS) is 21.5. The lowest BCUT2D eigenvalue weighted by atomic mass is 10.2. The van der Waals surface area contributed by atoms with E-state index in [1.807, 2.05) is 8.01 Å². The van der Waals surface area contributed by atoms with E-state index >= 15 is 0 Å². The molecule has 11 heavy (non-hydrogen) atoms. The summed E-state index contributed by atoms with van der Waals surface area (Å²) in [6.45, 7) is 6.55. The number of carbonyl (C=O) groups is 1. The van der Waals surface area contributed by atoms with Gasteiger partial charge in [-0.25, -0.2) is 3.11 Å². The molecule has 1 aliphatic rings. The van der Waals surface area contributed by atoms with Crippen molar-refractivity contribution in [3.8, 4) is 0 Å². The van der Waals surface area contributed by atoms with Crippen LogP contribution in [-0.2, 0) is 4.79 Å². The van der Waals surface area contributed by atoms with Crippen LogP contribution in [-0.4, -0.2) is 39.6 Å². The van der Waals surface area contributed by atoms with Gasteiger partial charge in [0.1, 0.15) is 0 Å². The first-order chi connectivity index (χ1) is 5.11. The summed E-state index contributed by atoms with van der Waals surface area (Å²) >= 11 is 2.19. The molecular weight excluding hydrogens is 255 g/mol. The monoisotopic (exact) mass is 268 g/mol. The van der Waals surface area contributed by atoms with Crippen LogP contribution in [0.4, 0.5) is 0 Å². The zero-order valence-corrected chi connectivity index (χ0v) is 9.04. The SMILES string of the molecule is CC(C)N1CCN(I)CC1=O. The minimum atomic E-state index is 0.251. The average Bonchev–Trinajstić information content (AvgIpc) is 1.85. The van der Waals surface area contributed by atoms with Gasteiger partial charge >= 0.3 is 0 Å². The molecule has 0 bridgehead atoms. The number of halogens is 1. The zero-order chi connectivity index (χ0) is 8.43. The highest BCUT2D eigenvalue weighted by Gasteiger charge is 2.23. The summed E-state index contributed by atoms with van der Waals surface area (Å²) < 4.78 is 2.03. The summed E-state index contributed by atoms with van der Waals surface area (Å²) in [5.41, 5.74) is 0. The molecule has 0 aliphatic carbocycles. The highest BCUT2D eigenvalue weighted by atomic mass is 127. The molecule has 0 aromatic heterocycles. The van der Waals surface area contributed by atoms with E-state index in [9.17, 15) is 4.79 Å². The van der Waals surface area contributed by atoms with Crippen LogP contribution < -0.4 is 0 Å². The molecule has 0 radical (unpaired) electrons. The summed E-state index contributed by atoms with van der Waals surface area (Å²) in [6, 6.07) is 0.354. The van der Waals surface area contributed by atoms with E-state index in [0.717, 1.165) is 13.1 Å². The van der Waals surface area contributed by atoms with Crippen LogP contribution in [0.5, 0.6) is 0 Å². The van der Waals surface area contributed by atoms with Gasteiger partial charge in [-0.05, 0) is 13.8 Å². The summed E-state index contributed by atoms with van der Waals surface area (Å²) in [5.74, 6) is 0.251. The van der Waals surface area contributed by atoms with Crippen molar-refractivity contribution in [2.24, 2.45) is 0 Å². The molecule has 0 aromatic rings. The minimum Gasteiger partial charge on any atom is -0.338 e. The molecule has 1 amide bonds. The molecular formula is C7H13IN2O. The fraction of sp³-hybridized carbons (Fsp3) is 0.857. The molecule has 0 unspecified atom stereocenters. The summed E-state index contributed by atoms with van der Waals surface area (Å²) in [4.78, 5) is 13.3. The fourth-order valence-corrected chi connectivity index (χ4v) is 1.71. The van der Waals surface area contributed by atoms with Gasteiger partial charge in [0.05, 0.1) is 6.54 Å². The summed E-state index contributed by atoms with van der Waals surface area (Å²) in [6.07, 6.45) is 0. The topological polar surface area (TPSA) is 23.6 Å². The number of piperazine rings is 1. The maximum Gasteiger partial charge on any atom is 0.237 e. The van der Waals surface area contributed by atoms with Gasteiger partial charge in [-0.1, -0.05) is 0 Å². The van der Waals surface area contributed by atoms with Crippen molar-refractivity contribution < 1.29 is 4.79 Å². The van der Waals surface area contributed by atoms with Gasteiger partial charge in [0.25, 0.3) is 0 Å². The van der Waals surface area contributed by atoms with Gasteiger partial charge < -0.3 is 4.90 Å². The Hall–Kier alpha value is 0.160. The zero-order valence-electron chi connectivity index (χ0n) is 6.88. The number of carbonyl (C=O) groups excluding carboxylic acids is 1. The molecule has 1 saturated heterocycles. The first-order valence-electron chi connectivity index (χ1n) is 3.81. The van der Waals surface area contributed by atoms with Crippen molar-refractivity contribution >= 4 is 28.8 Å². The summed E-state index contributed by atoms with van der Waals surface area (Å²) in [5, 5.41) is 0. The lowest BCUT2D eigenvalue weighted by Crippen LogP contribution is -2.49. The molecule has 64 valence electrons. The van der Waals surface area contributed by atoms with Crippen molar-refractivity contribution in [3.05, 3.63) is 0 Å². The fourth-order valence-electron chi connectivity index (χ4n) is 1.20. The number of rotatable bonds is 1. The molecule has 0 aromatic carbocycles. The molecule has 0 atom stereocenters. The van der Waals surface area contributed by atoms with E-state index in [2.05, 4.69) is 36.7 Å².